The second-order valence-corrected chi connectivity index (χ2v) is 7.43. The first kappa shape index (κ1) is 15.1. The maximum absolute atomic E-state index is 4.38. The summed E-state index contributed by atoms with van der Waals surface area (Å²) < 4.78 is 0. The molecule has 0 heteroatoms. The van der Waals surface area contributed by atoms with Crippen LogP contribution in [-0.4, -0.2) is 0 Å². The molecule has 0 atom stereocenters. The fourth-order valence-corrected chi connectivity index (χ4v) is 3.49. The van der Waals surface area contributed by atoms with Crippen LogP contribution in [-0.2, 0) is 12.8 Å². The zero-order valence-electron chi connectivity index (χ0n) is 14.2. The van der Waals surface area contributed by atoms with Crippen LogP contribution in [0.5, 0.6) is 0 Å². The van der Waals surface area contributed by atoms with Crippen LogP contribution in [0.25, 0.3) is 16.7 Å². The molecule has 0 unspecified atom stereocenters. The molecule has 1 aliphatic rings. The highest BCUT2D eigenvalue weighted by atomic mass is 14.3. The van der Waals surface area contributed by atoms with Crippen LogP contribution in [0.2, 0.25) is 0 Å². The van der Waals surface area contributed by atoms with Gasteiger partial charge in [-0.25, -0.2) is 0 Å². The highest BCUT2D eigenvalue weighted by Crippen LogP contribution is 2.44. The molecule has 2 aromatic carbocycles. The third-order valence-corrected chi connectivity index (χ3v) is 4.40. The molecule has 0 heterocycles. The van der Waals surface area contributed by atoms with Crippen molar-refractivity contribution in [2.24, 2.45) is 11.8 Å². The lowest BCUT2D eigenvalue weighted by molar-refractivity contribution is 0.647. The molecular formula is C22H26. The maximum Gasteiger partial charge on any atom is -0.00990 e. The smallest absolute Gasteiger partial charge is 0.00990 e. The molecule has 22 heavy (non-hydrogen) atoms. The van der Waals surface area contributed by atoms with E-state index in [1.165, 1.54) is 39.0 Å². The van der Waals surface area contributed by atoms with Crippen molar-refractivity contribution >= 4 is 5.57 Å². The maximum atomic E-state index is 4.38. The van der Waals surface area contributed by atoms with Crippen LogP contribution in [0, 0.1) is 11.8 Å². The van der Waals surface area contributed by atoms with Gasteiger partial charge in [0, 0.05) is 0 Å². The largest absolute Gasteiger partial charge is 0.0905 e. The predicted octanol–water partition coefficient (Wildman–Crippen LogP) is 6.13. The molecule has 114 valence electrons. The highest BCUT2D eigenvalue weighted by molar-refractivity contribution is 6.00. The highest BCUT2D eigenvalue weighted by Gasteiger charge is 2.22. The van der Waals surface area contributed by atoms with Gasteiger partial charge < -0.3 is 0 Å². The molecular weight excluding hydrogens is 264 g/mol. The Kier molecular flexibility index (Phi) is 3.95. The number of rotatable bonds is 4. The second kappa shape index (κ2) is 5.76. The first-order valence-corrected chi connectivity index (χ1v) is 8.41. The summed E-state index contributed by atoms with van der Waals surface area (Å²) in [6.45, 7) is 13.5. The molecule has 0 radical (unpaired) electrons. The molecule has 0 bridgehead atoms. The van der Waals surface area contributed by atoms with Crippen LogP contribution in [0.1, 0.15) is 49.9 Å². The summed E-state index contributed by atoms with van der Waals surface area (Å²) in [5.41, 5.74) is 9.40. The molecule has 0 saturated heterocycles. The fraction of sp³-hybridized carbons (Fsp3) is 0.364. The van der Waals surface area contributed by atoms with E-state index in [1.54, 1.807) is 0 Å². The van der Waals surface area contributed by atoms with E-state index in [1.807, 2.05) is 0 Å². The minimum atomic E-state index is 0.688. The van der Waals surface area contributed by atoms with E-state index in [4.69, 9.17) is 0 Å². The van der Waals surface area contributed by atoms with Gasteiger partial charge in [-0.1, -0.05) is 70.7 Å². The summed E-state index contributed by atoms with van der Waals surface area (Å²) >= 11 is 0. The lowest BCUT2D eigenvalue weighted by Crippen LogP contribution is -1.94. The van der Waals surface area contributed by atoms with Gasteiger partial charge in [-0.3, -0.25) is 0 Å². The van der Waals surface area contributed by atoms with E-state index < -0.39 is 0 Å². The monoisotopic (exact) mass is 290 g/mol. The Morgan fingerprint density at radius 3 is 1.45 bits per heavy atom. The molecule has 1 aliphatic carbocycles. The predicted molar refractivity (Wildman–Crippen MR) is 97.1 cm³/mol. The van der Waals surface area contributed by atoms with Gasteiger partial charge in [0.1, 0.15) is 0 Å². The SMILES string of the molecule is C=C1c2cc(CC(C)C)ccc2-c2ccc(CC(C)C)cc21. The van der Waals surface area contributed by atoms with Crippen LogP contribution < -0.4 is 0 Å². The van der Waals surface area contributed by atoms with Crippen molar-refractivity contribution in [1.29, 1.82) is 0 Å². The normalized spacial score (nSPS) is 12.9. The first-order valence-electron chi connectivity index (χ1n) is 8.41. The molecule has 0 aliphatic heterocycles. The first-order chi connectivity index (χ1) is 10.5. The van der Waals surface area contributed by atoms with Gasteiger partial charge in [-0.15, -0.1) is 0 Å². The van der Waals surface area contributed by atoms with E-state index >= 15 is 0 Å². The number of fused-ring (bicyclic) bond motifs is 3. The quantitative estimate of drug-likeness (QED) is 0.542. The number of benzene rings is 2. The lowest BCUT2D eigenvalue weighted by Gasteiger charge is -2.08. The Bertz CT molecular complexity index is 655. The van der Waals surface area contributed by atoms with Crippen LogP contribution in [0.3, 0.4) is 0 Å². The Morgan fingerprint density at radius 2 is 1.09 bits per heavy atom. The van der Waals surface area contributed by atoms with Crippen molar-refractivity contribution in [1.82, 2.24) is 0 Å². The topological polar surface area (TPSA) is 0 Å². The van der Waals surface area contributed by atoms with Gasteiger partial charge in [0.05, 0.1) is 0 Å². The average Bonchev–Trinajstić information content (AvgIpc) is 2.71. The molecule has 0 spiro atoms. The fourth-order valence-electron chi connectivity index (χ4n) is 3.49. The summed E-state index contributed by atoms with van der Waals surface area (Å²) in [7, 11) is 0. The summed E-state index contributed by atoms with van der Waals surface area (Å²) in [6.07, 6.45) is 2.27. The Morgan fingerprint density at radius 1 is 0.682 bits per heavy atom. The average molecular weight is 290 g/mol. The Hall–Kier alpha value is -1.82. The van der Waals surface area contributed by atoms with Gasteiger partial charge in [-0.2, -0.15) is 0 Å². The Labute approximate surface area is 134 Å². The molecule has 0 amide bonds. The van der Waals surface area contributed by atoms with E-state index in [0.29, 0.717) is 11.8 Å². The zero-order chi connectivity index (χ0) is 15.9. The van der Waals surface area contributed by atoms with Crippen LogP contribution in [0.4, 0.5) is 0 Å². The van der Waals surface area contributed by atoms with Gasteiger partial charge in [0.25, 0.3) is 0 Å². The van der Waals surface area contributed by atoms with Crippen molar-refractivity contribution in [2.45, 2.75) is 40.5 Å². The minimum absolute atomic E-state index is 0.688. The van der Waals surface area contributed by atoms with Crippen LogP contribution in [0.15, 0.2) is 43.0 Å². The molecule has 0 fully saturated rings. The molecule has 0 N–H and O–H groups in total. The van der Waals surface area contributed by atoms with Crippen molar-refractivity contribution in [3.8, 4) is 11.1 Å². The van der Waals surface area contributed by atoms with Crippen LogP contribution >= 0.6 is 0 Å². The molecule has 3 rings (SSSR count). The summed E-state index contributed by atoms with van der Waals surface area (Å²) in [5.74, 6) is 1.38. The third-order valence-electron chi connectivity index (χ3n) is 4.40. The van der Waals surface area contributed by atoms with Gasteiger partial charge >= 0.3 is 0 Å². The van der Waals surface area contributed by atoms with Gasteiger partial charge in [0.2, 0.25) is 0 Å². The van der Waals surface area contributed by atoms with E-state index in [-0.39, 0.29) is 0 Å². The molecule has 2 aromatic rings. The summed E-state index contributed by atoms with van der Waals surface area (Å²) in [6, 6.07) is 13.8. The van der Waals surface area contributed by atoms with Crippen molar-refractivity contribution in [3.05, 3.63) is 65.2 Å². The van der Waals surface area contributed by atoms with E-state index in [2.05, 4.69) is 70.7 Å². The van der Waals surface area contributed by atoms with Crippen molar-refractivity contribution in [2.75, 3.05) is 0 Å². The number of hydrogen-bond donors (Lipinski definition) is 0. The zero-order valence-corrected chi connectivity index (χ0v) is 14.2. The van der Waals surface area contributed by atoms with Gasteiger partial charge in [-0.05, 0) is 63.6 Å². The second-order valence-electron chi connectivity index (χ2n) is 7.43. The summed E-state index contributed by atoms with van der Waals surface area (Å²) in [4.78, 5) is 0. The number of hydrogen-bond acceptors (Lipinski definition) is 0. The van der Waals surface area contributed by atoms with Gasteiger partial charge in [0.15, 0.2) is 0 Å². The third kappa shape index (κ3) is 2.75. The molecule has 0 aromatic heterocycles. The van der Waals surface area contributed by atoms with E-state index in [0.717, 1.165) is 12.8 Å². The standard InChI is InChI=1S/C22H26/c1-14(2)10-17-6-8-19-20-9-7-18(11-15(3)4)13-22(20)16(5)21(19)12-17/h6-9,12-15H,5,10-11H2,1-4H3. The molecule has 0 nitrogen and oxygen atoms in total. The lowest BCUT2D eigenvalue weighted by atomic mass is 9.97. The van der Waals surface area contributed by atoms with Crippen molar-refractivity contribution < 1.29 is 0 Å². The molecule has 0 saturated carbocycles. The summed E-state index contributed by atoms with van der Waals surface area (Å²) in [5, 5.41) is 0. The van der Waals surface area contributed by atoms with E-state index in [9.17, 15) is 0 Å². The minimum Gasteiger partial charge on any atom is -0.0905 e. The Balaban J connectivity index is 2.00. The van der Waals surface area contributed by atoms with Crippen molar-refractivity contribution in [3.63, 3.8) is 0 Å².